The molecule has 0 saturated heterocycles. The number of hydrogen-bond acceptors (Lipinski definition) is 8. The van der Waals surface area contributed by atoms with Gasteiger partial charge in [-0.25, -0.2) is 0 Å². The first-order valence-electron chi connectivity index (χ1n) is 13.1. The van der Waals surface area contributed by atoms with E-state index < -0.39 is 0 Å². The van der Waals surface area contributed by atoms with Crippen LogP contribution >= 0.6 is 23.5 Å². The van der Waals surface area contributed by atoms with Gasteiger partial charge in [-0.15, -0.1) is 8.75 Å². The second-order valence-electron chi connectivity index (χ2n) is 9.81. The Morgan fingerprint density at radius 1 is 0.649 bits per heavy atom. The Bertz CT molecular complexity index is 908. The van der Waals surface area contributed by atoms with Gasteiger partial charge in [-0.05, 0) is 12.8 Å². The van der Waals surface area contributed by atoms with Crippen molar-refractivity contribution in [1.29, 1.82) is 0 Å². The monoisotopic (exact) mass is 590 g/mol. The average Bonchev–Trinajstić information content (AvgIpc) is 3.52. The smallest absolute Gasteiger partial charge is 0.253 e. The average molecular weight is 592 g/mol. The SMILES string of the molecule is C[NH+]1CCC=C(c2nsnc2OCCCCCCCCCOc2nsnc2C2=CCC[NH+](C)C2)C1.[Cl-].[Cl-]. The summed E-state index contributed by atoms with van der Waals surface area (Å²) in [6.07, 6.45) is 15.1. The number of nitrogens with zero attached hydrogens (tertiary/aromatic N) is 4. The number of nitrogens with one attached hydrogen (secondary N) is 2. The van der Waals surface area contributed by atoms with Gasteiger partial charge in [-0.2, -0.15) is 8.75 Å². The molecule has 0 saturated carbocycles. The zero-order chi connectivity index (χ0) is 24.3. The molecule has 4 heterocycles. The first kappa shape index (κ1) is 31.9. The van der Waals surface area contributed by atoms with E-state index in [1.165, 1.54) is 89.6 Å². The fourth-order valence-corrected chi connectivity index (χ4v) is 5.75. The highest BCUT2D eigenvalue weighted by molar-refractivity contribution is 6.99. The first-order valence-corrected chi connectivity index (χ1v) is 14.6. The first-order chi connectivity index (χ1) is 17.2. The van der Waals surface area contributed by atoms with Gasteiger partial charge in [-0.1, -0.05) is 44.3 Å². The Morgan fingerprint density at radius 2 is 1.05 bits per heavy atom. The molecule has 2 aromatic rings. The van der Waals surface area contributed by atoms with Crippen LogP contribution in [0, 0.1) is 0 Å². The maximum absolute atomic E-state index is 5.97. The third kappa shape index (κ3) is 10.1. The molecule has 0 aromatic carbocycles. The van der Waals surface area contributed by atoms with E-state index in [0.29, 0.717) is 0 Å². The Morgan fingerprint density at radius 3 is 1.46 bits per heavy atom. The van der Waals surface area contributed by atoms with Gasteiger partial charge in [0.2, 0.25) is 0 Å². The molecule has 8 nitrogen and oxygen atoms in total. The zero-order valence-electron chi connectivity index (χ0n) is 21.9. The molecule has 0 amide bonds. The van der Waals surface area contributed by atoms with E-state index in [2.05, 4.69) is 43.7 Å². The van der Waals surface area contributed by atoms with Crippen molar-refractivity contribution in [3.05, 3.63) is 23.5 Å². The highest BCUT2D eigenvalue weighted by Gasteiger charge is 2.21. The molecule has 0 fully saturated rings. The summed E-state index contributed by atoms with van der Waals surface area (Å²) in [5, 5.41) is 0. The van der Waals surface area contributed by atoms with E-state index in [1.54, 1.807) is 0 Å². The van der Waals surface area contributed by atoms with Crippen LogP contribution in [0.5, 0.6) is 11.8 Å². The molecule has 4 rings (SSSR count). The summed E-state index contributed by atoms with van der Waals surface area (Å²) >= 11 is 2.51. The predicted molar refractivity (Wildman–Crippen MR) is 142 cm³/mol. The van der Waals surface area contributed by atoms with Gasteiger partial charge < -0.3 is 44.1 Å². The third-order valence-corrected chi connectivity index (χ3v) is 7.72. The number of unbranched alkanes of at least 4 members (excludes halogenated alkanes) is 6. The van der Waals surface area contributed by atoms with Crippen molar-refractivity contribution >= 4 is 34.6 Å². The van der Waals surface area contributed by atoms with Gasteiger partial charge in [-0.3, -0.25) is 0 Å². The van der Waals surface area contributed by atoms with Gasteiger partial charge in [0.25, 0.3) is 11.8 Å². The normalized spacial score (nSPS) is 19.3. The van der Waals surface area contributed by atoms with E-state index in [-0.39, 0.29) is 24.8 Å². The minimum atomic E-state index is 0. The number of likely N-dealkylation sites (N-methyl/N-ethyl adjacent to an activating group) is 2. The predicted octanol–water partition coefficient (Wildman–Crippen LogP) is -3.81. The van der Waals surface area contributed by atoms with E-state index in [0.717, 1.165) is 75.1 Å². The second kappa shape index (κ2) is 17.3. The van der Waals surface area contributed by atoms with E-state index in [1.807, 2.05) is 0 Å². The van der Waals surface area contributed by atoms with Crippen LogP contribution in [0.25, 0.3) is 11.1 Å². The van der Waals surface area contributed by atoms with Crippen LogP contribution in [-0.4, -0.2) is 71.0 Å². The number of ether oxygens (including phenoxy) is 2. The lowest BCUT2D eigenvalue weighted by Crippen LogP contribution is -3.09. The summed E-state index contributed by atoms with van der Waals surface area (Å²) in [4.78, 5) is 3.03. The number of halogens is 2. The molecule has 2 N–H and O–H groups in total. The molecule has 0 radical (unpaired) electrons. The zero-order valence-corrected chi connectivity index (χ0v) is 25.1. The molecule has 0 bridgehead atoms. The molecule has 37 heavy (non-hydrogen) atoms. The summed E-state index contributed by atoms with van der Waals surface area (Å²) in [5.74, 6) is 1.45. The topological polar surface area (TPSA) is 78.9 Å². The lowest BCUT2D eigenvalue weighted by molar-refractivity contribution is -0.872. The van der Waals surface area contributed by atoms with Crippen molar-refractivity contribution in [1.82, 2.24) is 17.5 Å². The van der Waals surface area contributed by atoms with E-state index in [4.69, 9.17) is 9.47 Å². The Labute approximate surface area is 242 Å². The minimum Gasteiger partial charge on any atom is -1.00 e. The van der Waals surface area contributed by atoms with Crippen molar-refractivity contribution in [2.24, 2.45) is 0 Å². The van der Waals surface area contributed by atoms with Crippen molar-refractivity contribution in [3.63, 3.8) is 0 Å². The summed E-state index contributed by atoms with van der Waals surface area (Å²) in [6.45, 7) is 5.83. The standard InChI is InChI=1S/C25H38N6O2S2.2ClH/c1-30-14-10-12-20(18-30)22-24(28-34-26-22)32-16-8-6-4-3-5-7-9-17-33-25-23(27-35-29-25)21-13-11-15-31(2)19-21;;/h12-13H,3-11,14-19H2,1-2H3;2*1H. The summed E-state index contributed by atoms with van der Waals surface area (Å²) in [6, 6.07) is 0. The molecular weight excluding hydrogens is 551 g/mol. The molecule has 2 atom stereocenters. The Balaban J connectivity index is 0.00000241. The van der Waals surface area contributed by atoms with Crippen LogP contribution in [0.15, 0.2) is 12.2 Å². The van der Waals surface area contributed by atoms with Crippen LogP contribution in [0.4, 0.5) is 0 Å². The fraction of sp³-hybridized carbons (Fsp3) is 0.680. The maximum atomic E-state index is 5.97. The molecule has 12 heteroatoms. The van der Waals surface area contributed by atoms with Gasteiger partial charge >= 0.3 is 0 Å². The Kier molecular flexibility index (Phi) is 14.9. The van der Waals surface area contributed by atoms with E-state index in [9.17, 15) is 0 Å². The van der Waals surface area contributed by atoms with Crippen molar-refractivity contribution in [2.45, 2.75) is 57.8 Å². The summed E-state index contributed by atoms with van der Waals surface area (Å²) < 4.78 is 29.7. The number of aromatic nitrogens is 4. The summed E-state index contributed by atoms with van der Waals surface area (Å²) in [7, 11) is 4.45. The lowest BCUT2D eigenvalue weighted by atomic mass is 10.1. The summed E-state index contributed by atoms with van der Waals surface area (Å²) in [5.41, 5.74) is 4.48. The van der Waals surface area contributed by atoms with Crippen LogP contribution in [0.1, 0.15) is 69.2 Å². The molecule has 0 aliphatic carbocycles. The third-order valence-electron chi connectivity index (χ3n) is 6.70. The minimum absolute atomic E-state index is 0. The molecule has 208 valence electrons. The van der Waals surface area contributed by atoms with Gasteiger partial charge in [0.1, 0.15) is 24.5 Å². The van der Waals surface area contributed by atoms with Gasteiger partial charge in [0.05, 0.1) is 63.9 Å². The second-order valence-corrected chi connectivity index (χ2v) is 10.9. The highest BCUT2D eigenvalue weighted by atomic mass is 35.5. The van der Waals surface area contributed by atoms with E-state index >= 15 is 0 Å². The molecule has 2 aromatic heterocycles. The van der Waals surface area contributed by atoms with Crippen LogP contribution in [0.2, 0.25) is 0 Å². The van der Waals surface area contributed by atoms with Crippen LogP contribution in [-0.2, 0) is 0 Å². The molecule has 2 aliphatic heterocycles. The quantitative estimate of drug-likeness (QED) is 0.220. The fourth-order valence-electron chi connectivity index (χ4n) is 4.69. The van der Waals surface area contributed by atoms with Gasteiger partial charge in [0, 0.05) is 24.0 Å². The molecule has 2 aliphatic rings. The van der Waals surface area contributed by atoms with Gasteiger partial charge in [0.15, 0.2) is 0 Å². The molecular formula is C25H40Cl2N6O2S2. The van der Waals surface area contributed by atoms with Crippen LogP contribution in [0.3, 0.4) is 0 Å². The molecule has 2 unspecified atom stereocenters. The van der Waals surface area contributed by atoms with Crippen molar-refractivity contribution in [2.75, 3.05) is 53.5 Å². The Hall–Kier alpha value is -1.30. The largest absolute Gasteiger partial charge is 1.00 e. The maximum Gasteiger partial charge on any atom is 0.253 e. The van der Waals surface area contributed by atoms with Crippen molar-refractivity contribution < 1.29 is 44.1 Å². The number of rotatable bonds is 14. The van der Waals surface area contributed by atoms with Crippen LogP contribution < -0.4 is 44.1 Å². The van der Waals surface area contributed by atoms with Crippen molar-refractivity contribution in [3.8, 4) is 11.8 Å². The number of hydrogen-bond donors (Lipinski definition) is 2. The molecule has 0 spiro atoms. The highest BCUT2D eigenvalue weighted by Crippen LogP contribution is 2.25. The lowest BCUT2D eigenvalue weighted by Gasteiger charge is -2.19. The number of quaternary nitrogens is 2.